The fourth-order valence-electron chi connectivity index (χ4n) is 3.10. The summed E-state index contributed by atoms with van der Waals surface area (Å²) >= 11 is 5.93. The van der Waals surface area contributed by atoms with Gasteiger partial charge in [0, 0.05) is 29.8 Å². The molecular weight excluding hydrogens is 274 g/mol. The summed E-state index contributed by atoms with van der Waals surface area (Å²) < 4.78 is 0. The van der Waals surface area contributed by atoms with Crippen LogP contribution in [0.1, 0.15) is 19.3 Å². The molecule has 0 spiro atoms. The number of likely N-dealkylation sites (tertiary alicyclic amines) is 2. The number of urea groups is 1. The van der Waals surface area contributed by atoms with E-state index in [0.29, 0.717) is 11.1 Å². The van der Waals surface area contributed by atoms with Crippen LogP contribution >= 0.6 is 11.6 Å². The Balaban J connectivity index is 1.55. The number of carbonyl (C=O) groups excluding carboxylic acids is 1. The van der Waals surface area contributed by atoms with Gasteiger partial charge in [0.25, 0.3) is 0 Å². The van der Waals surface area contributed by atoms with E-state index in [1.54, 1.807) is 12.1 Å². The molecule has 2 aliphatic heterocycles. The second kappa shape index (κ2) is 6.02. The lowest BCUT2D eigenvalue weighted by molar-refractivity contribution is 0.210. The minimum absolute atomic E-state index is 0.0195. The van der Waals surface area contributed by atoms with Gasteiger partial charge in [-0.15, -0.1) is 0 Å². The normalized spacial score (nSPS) is 23.2. The zero-order chi connectivity index (χ0) is 13.9. The van der Waals surface area contributed by atoms with Crippen LogP contribution in [0, 0.1) is 0 Å². The highest BCUT2D eigenvalue weighted by atomic mass is 35.5. The molecule has 0 bridgehead atoms. The van der Waals surface area contributed by atoms with Crippen LogP contribution in [-0.2, 0) is 0 Å². The van der Waals surface area contributed by atoms with E-state index in [4.69, 9.17) is 11.6 Å². The van der Waals surface area contributed by atoms with Crippen molar-refractivity contribution in [1.82, 2.24) is 9.80 Å². The molecule has 1 aromatic carbocycles. The molecule has 2 saturated heterocycles. The Hall–Kier alpha value is -1.26. The summed E-state index contributed by atoms with van der Waals surface area (Å²) in [6.07, 6.45) is 3.68. The van der Waals surface area contributed by atoms with Gasteiger partial charge in [-0.25, -0.2) is 4.79 Å². The molecule has 1 unspecified atom stereocenters. The Kier molecular flexibility index (Phi) is 4.13. The quantitative estimate of drug-likeness (QED) is 0.910. The number of amides is 2. The van der Waals surface area contributed by atoms with Gasteiger partial charge >= 0.3 is 6.03 Å². The minimum Gasteiger partial charge on any atom is -0.323 e. The first-order chi connectivity index (χ1) is 9.72. The van der Waals surface area contributed by atoms with Crippen molar-refractivity contribution in [3.63, 3.8) is 0 Å². The second-order valence-corrected chi connectivity index (χ2v) is 6.01. The van der Waals surface area contributed by atoms with E-state index in [2.05, 4.69) is 10.2 Å². The number of benzene rings is 1. The van der Waals surface area contributed by atoms with E-state index in [9.17, 15) is 4.79 Å². The van der Waals surface area contributed by atoms with Gasteiger partial charge in [0.15, 0.2) is 0 Å². The number of carbonyl (C=O) groups is 1. The number of hydrogen-bond donors (Lipinski definition) is 1. The van der Waals surface area contributed by atoms with E-state index < -0.39 is 0 Å². The number of halogens is 1. The number of rotatable bonds is 2. The van der Waals surface area contributed by atoms with Gasteiger partial charge in [-0.1, -0.05) is 17.7 Å². The van der Waals surface area contributed by atoms with Gasteiger partial charge in [0.1, 0.15) is 0 Å². The van der Waals surface area contributed by atoms with Crippen molar-refractivity contribution in [2.45, 2.75) is 25.3 Å². The van der Waals surface area contributed by atoms with E-state index in [-0.39, 0.29) is 6.03 Å². The molecule has 3 rings (SSSR count). The van der Waals surface area contributed by atoms with Crippen LogP contribution in [0.15, 0.2) is 24.3 Å². The third kappa shape index (κ3) is 3.07. The van der Waals surface area contributed by atoms with Gasteiger partial charge < -0.3 is 10.2 Å². The number of nitrogens with zero attached hydrogens (tertiary/aromatic N) is 2. The van der Waals surface area contributed by atoms with Crippen molar-refractivity contribution in [3.8, 4) is 0 Å². The second-order valence-electron chi connectivity index (χ2n) is 5.57. The molecule has 108 valence electrons. The first-order valence-corrected chi connectivity index (χ1v) is 7.66. The first-order valence-electron chi connectivity index (χ1n) is 7.28. The standard InChI is InChI=1S/C15H20ClN3O/c16-12-4-3-5-13(10-12)17-15(20)19-9-6-14(11-19)18-7-1-2-8-18/h3-5,10,14H,1-2,6-9,11H2,(H,17,20). The van der Waals surface area contributed by atoms with Crippen LogP contribution in [0.25, 0.3) is 0 Å². The summed E-state index contributed by atoms with van der Waals surface area (Å²) in [6.45, 7) is 4.06. The third-order valence-electron chi connectivity index (χ3n) is 4.18. The van der Waals surface area contributed by atoms with E-state index in [1.807, 2.05) is 17.0 Å². The Morgan fingerprint density at radius 2 is 2.05 bits per heavy atom. The Morgan fingerprint density at radius 1 is 1.25 bits per heavy atom. The smallest absolute Gasteiger partial charge is 0.321 e. The van der Waals surface area contributed by atoms with Crippen LogP contribution in [-0.4, -0.2) is 48.1 Å². The lowest BCUT2D eigenvalue weighted by atomic mass is 10.2. The molecule has 2 amide bonds. The largest absolute Gasteiger partial charge is 0.323 e. The average molecular weight is 294 g/mol. The Labute approximate surface area is 124 Å². The summed E-state index contributed by atoms with van der Waals surface area (Å²) in [7, 11) is 0. The minimum atomic E-state index is -0.0195. The molecular formula is C15H20ClN3O. The highest BCUT2D eigenvalue weighted by molar-refractivity contribution is 6.30. The van der Waals surface area contributed by atoms with Crippen molar-refractivity contribution in [2.24, 2.45) is 0 Å². The topological polar surface area (TPSA) is 35.6 Å². The molecule has 1 N–H and O–H groups in total. The molecule has 1 aromatic rings. The van der Waals surface area contributed by atoms with Crippen molar-refractivity contribution in [1.29, 1.82) is 0 Å². The van der Waals surface area contributed by atoms with Crippen molar-refractivity contribution >= 4 is 23.3 Å². The van der Waals surface area contributed by atoms with Crippen LogP contribution in [0.2, 0.25) is 5.02 Å². The van der Waals surface area contributed by atoms with Crippen LogP contribution in [0.3, 0.4) is 0 Å². The molecule has 1 atom stereocenters. The number of anilines is 1. The third-order valence-corrected chi connectivity index (χ3v) is 4.42. The SMILES string of the molecule is O=C(Nc1cccc(Cl)c1)N1CCC(N2CCCC2)C1. The van der Waals surface area contributed by atoms with Crippen molar-refractivity contribution in [3.05, 3.63) is 29.3 Å². The summed E-state index contributed by atoms with van der Waals surface area (Å²) in [6, 6.07) is 7.80. The van der Waals surface area contributed by atoms with E-state index >= 15 is 0 Å². The van der Waals surface area contributed by atoms with Gasteiger partial charge in [-0.3, -0.25) is 4.90 Å². The van der Waals surface area contributed by atoms with Crippen molar-refractivity contribution < 1.29 is 4.79 Å². The fourth-order valence-corrected chi connectivity index (χ4v) is 3.29. The highest BCUT2D eigenvalue weighted by Crippen LogP contribution is 2.21. The lowest BCUT2D eigenvalue weighted by Gasteiger charge is -2.23. The van der Waals surface area contributed by atoms with Gasteiger partial charge in [-0.2, -0.15) is 0 Å². The molecule has 2 heterocycles. The highest BCUT2D eigenvalue weighted by Gasteiger charge is 2.31. The molecule has 5 heteroatoms. The molecule has 0 aliphatic carbocycles. The summed E-state index contributed by atoms with van der Waals surface area (Å²) in [5.41, 5.74) is 0.757. The zero-order valence-corrected chi connectivity index (χ0v) is 12.3. The Bertz CT molecular complexity index is 488. The zero-order valence-electron chi connectivity index (χ0n) is 11.5. The van der Waals surface area contributed by atoms with Crippen LogP contribution in [0.5, 0.6) is 0 Å². The fraction of sp³-hybridized carbons (Fsp3) is 0.533. The van der Waals surface area contributed by atoms with Crippen LogP contribution in [0.4, 0.5) is 10.5 Å². The number of nitrogens with one attached hydrogen (secondary N) is 1. The van der Waals surface area contributed by atoms with E-state index in [1.165, 1.54) is 25.9 Å². The van der Waals surface area contributed by atoms with Crippen molar-refractivity contribution in [2.75, 3.05) is 31.5 Å². The molecule has 2 aliphatic rings. The maximum atomic E-state index is 12.2. The Morgan fingerprint density at radius 3 is 2.80 bits per heavy atom. The summed E-state index contributed by atoms with van der Waals surface area (Å²) in [4.78, 5) is 16.7. The molecule has 0 saturated carbocycles. The average Bonchev–Trinajstić information content (AvgIpc) is 3.10. The van der Waals surface area contributed by atoms with E-state index in [0.717, 1.165) is 25.2 Å². The predicted molar refractivity (Wildman–Crippen MR) is 81.3 cm³/mol. The predicted octanol–water partition coefficient (Wildman–Crippen LogP) is 3.04. The maximum Gasteiger partial charge on any atom is 0.321 e. The lowest BCUT2D eigenvalue weighted by Crippen LogP contribution is -2.38. The molecule has 20 heavy (non-hydrogen) atoms. The molecule has 2 fully saturated rings. The van der Waals surface area contributed by atoms with Gasteiger partial charge in [0.05, 0.1) is 0 Å². The molecule has 0 aromatic heterocycles. The number of hydrogen-bond acceptors (Lipinski definition) is 2. The summed E-state index contributed by atoms with van der Waals surface area (Å²) in [5.74, 6) is 0. The molecule has 4 nitrogen and oxygen atoms in total. The first kappa shape index (κ1) is 13.7. The monoisotopic (exact) mass is 293 g/mol. The maximum absolute atomic E-state index is 12.2. The molecule has 0 radical (unpaired) electrons. The summed E-state index contributed by atoms with van der Waals surface area (Å²) in [5, 5.41) is 3.56. The van der Waals surface area contributed by atoms with Crippen LogP contribution < -0.4 is 5.32 Å². The van der Waals surface area contributed by atoms with Gasteiger partial charge in [-0.05, 0) is 50.6 Å². The van der Waals surface area contributed by atoms with Gasteiger partial charge in [0.2, 0.25) is 0 Å².